The minimum absolute atomic E-state index is 0.268. The number of ether oxygens (including phenoxy) is 1. The first kappa shape index (κ1) is 10.4. The zero-order valence-electron chi connectivity index (χ0n) is 9.82. The maximum absolute atomic E-state index is 11.2. The van der Waals surface area contributed by atoms with Gasteiger partial charge in [0.2, 0.25) is 0 Å². The molecule has 1 aromatic heterocycles. The molecule has 2 aromatic rings. The first-order valence-corrected chi connectivity index (χ1v) is 5.64. The lowest BCUT2D eigenvalue weighted by molar-refractivity contribution is 0.129. The Bertz CT molecular complexity index is 637. The second kappa shape index (κ2) is 3.36. The van der Waals surface area contributed by atoms with E-state index in [9.17, 15) is 4.79 Å². The van der Waals surface area contributed by atoms with E-state index < -0.39 is 0 Å². The Labute approximate surface area is 99.0 Å². The largest absolute Gasteiger partial charge is 0.487 e. The number of hydrogen-bond donors (Lipinski definition) is 0. The lowest BCUT2D eigenvalue weighted by Gasteiger charge is -2.32. The van der Waals surface area contributed by atoms with Gasteiger partial charge in [0, 0.05) is 23.9 Å². The van der Waals surface area contributed by atoms with E-state index in [0.717, 1.165) is 23.1 Å². The summed E-state index contributed by atoms with van der Waals surface area (Å²) in [6, 6.07) is 7.04. The quantitative estimate of drug-likeness (QED) is 0.652. The lowest BCUT2D eigenvalue weighted by atomic mass is 9.93. The average Bonchev–Trinajstić information content (AvgIpc) is 2.25. The molecule has 0 unspecified atom stereocenters. The van der Waals surface area contributed by atoms with Gasteiger partial charge in [-0.1, -0.05) is 0 Å². The Morgan fingerprint density at radius 3 is 2.88 bits per heavy atom. The van der Waals surface area contributed by atoms with Crippen molar-refractivity contribution in [1.82, 2.24) is 0 Å². The molecule has 0 amide bonds. The number of hydrogen-bond acceptors (Lipinski definition) is 3. The number of benzene rings is 1. The van der Waals surface area contributed by atoms with Crippen molar-refractivity contribution in [2.45, 2.75) is 25.9 Å². The summed E-state index contributed by atoms with van der Waals surface area (Å²) < 4.78 is 11.0. The van der Waals surface area contributed by atoms with Gasteiger partial charge in [0.25, 0.3) is 0 Å². The molecule has 17 heavy (non-hydrogen) atoms. The summed E-state index contributed by atoms with van der Waals surface area (Å²) in [7, 11) is 0. The third kappa shape index (κ3) is 1.82. The fraction of sp³-hybridized carbons (Fsp3) is 0.286. The molecule has 87 valence electrons. The van der Waals surface area contributed by atoms with Crippen molar-refractivity contribution in [3.63, 3.8) is 0 Å². The minimum atomic E-state index is -0.334. The molecule has 2 heterocycles. The van der Waals surface area contributed by atoms with Gasteiger partial charge < -0.3 is 9.15 Å². The van der Waals surface area contributed by atoms with Crippen LogP contribution in [0.15, 0.2) is 33.5 Å². The van der Waals surface area contributed by atoms with Crippen LogP contribution in [-0.2, 0) is 6.42 Å². The summed E-state index contributed by atoms with van der Waals surface area (Å²) in [4.78, 5) is 11.2. The molecule has 0 saturated heterocycles. The van der Waals surface area contributed by atoms with Crippen LogP contribution in [-0.4, -0.2) is 5.60 Å². The molecule has 0 N–H and O–H groups in total. The molecular formula is C14H13O3. The van der Waals surface area contributed by atoms with Gasteiger partial charge in [-0.05, 0) is 38.0 Å². The monoisotopic (exact) mass is 229 g/mol. The highest BCUT2D eigenvalue weighted by atomic mass is 16.5. The van der Waals surface area contributed by atoms with Crippen molar-refractivity contribution >= 4 is 11.0 Å². The van der Waals surface area contributed by atoms with E-state index in [2.05, 4.69) is 6.42 Å². The maximum atomic E-state index is 11.2. The molecule has 3 rings (SSSR count). The van der Waals surface area contributed by atoms with Gasteiger partial charge in [-0.2, -0.15) is 0 Å². The highest BCUT2D eigenvalue weighted by molar-refractivity contribution is 5.79. The van der Waals surface area contributed by atoms with Gasteiger partial charge in [0.15, 0.2) is 0 Å². The Hall–Kier alpha value is -1.77. The van der Waals surface area contributed by atoms with Crippen LogP contribution in [0.25, 0.3) is 11.0 Å². The van der Waals surface area contributed by atoms with E-state index in [1.165, 1.54) is 6.07 Å². The van der Waals surface area contributed by atoms with Crippen molar-refractivity contribution in [3.05, 3.63) is 46.7 Å². The van der Waals surface area contributed by atoms with Crippen LogP contribution < -0.4 is 10.4 Å². The molecule has 0 saturated carbocycles. The van der Waals surface area contributed by atoms with Crippen LogP contribution in [0.3, 0.4) is 0 Å². The van der Waals surface area contributed by atoms with Gasteiger partial charge >= 0.3 is 5.63 Å². The fourth-order valence-corrected chi connectivity index (χ4v) is 2.08. The Kier molecular flexibility index (Phi) is 2.05. The first-order valence-electron chi connectivity index (χ1n) is 5.64. The Balaban J connectivity index is 2.21. The standard InChI is InChI=1S/C14H13O3/c1-14(2)6-5-10-7-9-3-4-13(15)16-11(9)8-12(10)17-14/h3-4,6-8H,5H2,1-2H3. The third-order valence-electron chi connectivity index (χ3n) is 2.99. The second-order valence-electron chi connectivity index (χ2n) is 4.87. The molecule has 0 atom stereocenters. The van der Waals surface area contributed by atoms with E-state index >= 15 is 0 Å². The molecule has 1 aromatic carbocycles. The predicted molar refractivity (Wildman–Crippen MR) is 65.2 cm³/mol. The number of fused-ring (bicyclic) bond motifs is 2. The second-order valence-corrected chi connectivity index (χ2v) is 4.87. The van der Waals surface area contributed by atoms with Gasteiger partial charge in [-0.3, -0.25) is 0 Å². The van der Waals surface area contributed by atoms with Crippen LogP contribution in [0.5, 0.6) is 5.75 Å². The summed E-state index contributed by atoms with van der Waals surface area (Å²) in [5, 5.41) is 0.931. The summed E-state index contributed by atoms with van der Waals surface area (Å²) in [5.41, 5.74) is 1.11. The van der Waals surface area contributed by atoms with Gasteiger partial charge in [0.1, 0.15) is 16.9 Å². The lowest BCUT2D eigenvalue weighted by Crippen LogP contribution is -2.33. The normalized spacial score (nSPS) is 17.5. The molecule has 1 aliphatic rings. The van der Waals surface area contributed by atoms with Crippen LogP contribution in [0.1, 0.15) is 19.4 Å². The smallest absolute Gasteiger partial charge is 0.336 e. The molecule has 0 fully saturated rings. The molecule has 0 aliphatic carbocycles. The summed E-state index contributed by atoms with van der Waals surface area (Å²) in [6.45, 7) is 4.03. The van der Waals surface area contributed by atoms with E-state index in [1.807, 2.05) is 19.9 Å². The van der Waals surface area contributed by atoms with Crippen molar-refractivity contribution < 1.29 is 9.15 Å². The molecule has 0 spiro atoms. The predicted octanol–water partition coefficient (Wildman–Crippen LogP) is 2.71. The van der Waals surface area contributed by atoms with E-state index in [-0.39, 0.29) is 11.2 Å². The Morgan fingerprint density at radius 1 is 1.24 bits per heavy atom. The maximum Gasteiger partial charge on any atom is 0.336 e. The van der Waals surface area contributed by atoms with E-state index in [4.69, 9.17) is 9.15 Å². The van der Waals surface area contributed by atoms with Crippen LogP contribution >= 0.6 is 0 Å². The van der Waals surface area contributed by atoms with Crippen LogP contribution in [0, 0.1) is 6.42 Å². The van der Waals surface area contributed by atoms with Crippen LogP contribution in [0.4, 0.5) is 0 Å². The molecule has 1 radical (unpaired) electrons. The van der Waals surface area contributed by atoms with Gasteiger partial charge in [-0.15, -0.1) is 0 Å². The SMILES string of the molecule is CC1(C)[CH]Cc2cc3ccc(=O)oc3cc2O1. The Morgan fingerprint density at radius 2 is 2.06 bits per heavy atom. The summed E-state index contributed by atoms with van der Waals surface area (Å²) >= 11 is 0. The van der Waals surface area contributed by atoms with Crippen molar-refractivity contribution in [3.8, 4) is 5.75 Å². The van der Waals surface area contributed by atoms with E-state index in [0.29, 0.717) is 5.58 Å². The summed E-state index contributed by atoms with van der Waals surface area (Å²) in [5.74, 6) is 0.805. The van der Waals surface area contributed by atoms with Crippen molar-refractivity contribution in [1.29, 1.82) is 0 Å². The van der Waals surface area contributed by atoms with Crippen LogP contribution in [0.2, 0.25) is 0 Å². The topological polar surface area (TPSA) is 39.4 Å². The van der Waals surface area contributed by atoms with Crippen molar-refractivity contribution in [2.75, 3.05) is 0 Å². The molecule has 0 bridgehead atoms. The van der Waals surface area contributed by atoms with E-state index in [1.54, 1.807) is 12.1 Å². The molecule has 3 heteroatoms. The van der Waals surface area contributed by atoms with Gasteiger partial charge in [0.05, 0.1) is 0 Å². The first-order chi connectivity index (χ1) is 8.03. The zero-order valence-corrected chi connectivity index (χ0v) is 9.82. The van der Waals surface area contributed by atoms with Crippen molar-refractivity contribution in [2.24, 2.45) is 0 Å². The zero-order chi connectivity index (χ0) is 12.0. The number of rotatable bonds is 0. The van der Waals surface area contributed by atoms with Gasteiger partial charge in [-0.25, -0.2) is 4.79 Å². The summed E-state index contributed by atoms with van der Waals surface area (Å²) in [6.07, 6.45) is 3.01. The minimum Gasteiger partial charge on any atom is -0.487 e. The highest BCUT2D eigenvalue weighted by Crippen LogP contribution is 2.34. The molecular weight excluding hydrogens is 216 g/mol. The molecule has 3 nitrogen and oxygen atoms in total. The molecule has 1 aliphatic heterocycles. The fourth-order valence-electron chi connectivity index (χ4n) is 2.08. The third-order valence-corrected chi connectivity index (χ3v) is 2.99. The highest BCUT2D eigenvalue weighted by Gasteiger charge is 2.27. The average molecular weight is 229 g/mol.